The van der Waals surface area contributed by atoms with Crippen molar-refractivity contribution in [1.82, 2.24) is 4.57 Å². The van der Waals surface area contributed by atoms with Gasteiger partial charge in [-0.1, -0.05) is 26.0 Å². The molecule has 0 unspecified atom stereocenters. The number of aryl methyl sites for hydroxylation is 1. The van der Waals surface area contributed by atoms with E-state index < -0.39 is 5.92 Å². The van der Waals surface area contributed by atoms with Gasteiger partial charge < -0.3 is 19.8 Å². The van der Waals surface area contributed by atoms with Crippen molar-refractivity contribution in [2.75, 3.05) is 7.11 Å². The number of methoxy groups -OCH3 is 1. The molecule has 1 aromatic heterocycles. The molecule has 0 radical (unpaired) electrons. The van der Waals surface area contributed by atoms with Crippen molar-refractivity contribution in [3.8, 4) is 17.6 Å². The number of hydrogen-bond acceptors (Lipinski definition) is 5. The van der Waals surface area contributed by atoms with Gasteiger partial charge in [0, 0.05) is 18.3 Å². The number of hydrogen-bond donors (Lipinski definition) is 1. The molecule has 6 nitrogen and oxygen atoms in total. The zero-order valence-electron chi connectivity index (χ0n) is 15.9. The van der Waals surface area contributed by atoms with Crippen LogP contribution in [0.25, 0.3) is 0 Å². The molecule has 0 fully saturated rings. The minimum Gasteiger partial charge on any atom is -0.497 e. The second kappa shape index (κ2) is 7.20. The van der Waals surface area contributed by atoms with Gasteiger partial charge in [-0.25, -0.2) is 0 Å². The molecule has 3 rings (SSSR count). The highest BCUT2D eigenvalue weighted by molar-refractivity contribution is 5.55. The first kappa shape index (κ1) is 18.6. The van der Waals surface area contributed by atoms with E-state index in [9.17, 15) is 10.1 Å². The van der Waals surface area contributed by atoms with E-state index in [4.69, 9.17) is 15.2 Å². The summed E-state index contributed by atoms with van der Waals surface area (Å²) < 4.78 is 12.6. The van der Waals surface area contributed by atoms with Gasteiger partial charge in [0.15, 0.2) is 0 Å². The maximum absolute atomic E-state index is 13.3. The van der Waals surface area contributed by atoms with Gasteiger partial charge in [-0.3, -0.25) is 4.79 Å². The van der Waals surface area contributed by atoms with Crippen LogP contribution < -0.4 is 20.8 Å². The van der Waals surface area contributed by atoms with Crippen molar-refractivity contribution in [2.24, 2.45) is 11.7 Å². The smallest absolute Gasteiger partial charge is 0.258 e. The number of nitriles is 1. The second-order valence-corrected chi connectivity index (χ2v) is 7.07. The Morgan fingerprint density at radius 2 is 2.00 bits per heavy atom. The summed E-state index contributed by atoms with van der Waals surface area (Å²) >= 11 is 0. The van der Waals surface area contributed by atoms with Gasteiger partial charge in [-0.15, -0.1) is 0 Å². The molecule has 6 heteroatoms. The maximum atomic E-state index is 13.3. The van der Waals surface area contributed by atoms with Crippen molar-refractivity contribution in [1.29, 1.82) is 5.26 Å². The van der Waals surface area contributed by atoms with Crippen molar-refractivity contribution in [3.05, 3.63) is 69.0 Å². The normalized spacial score (nSPS) is 15.9. The highest BCUT2D eigenvalue weighted by Gasteiger charge is 2.34. The van der Waals surface area contributed by atoms with E-state index in [-0.39, 0.29) is 17.0 Å². The van der Waals surface area contributed by atoms with Crippen LogP contribution in [0, 0.1) is 24.2 Å². The number of pyridine rings is 1. The Kier molecular flexibility index (Phi) is 4.95. The summed E-state index contributed by atoms with van der Waals surface area (Å²) in [5, 5.41) is 9.68. The molecule has 140 valence electrons. The number of nitrogens with two attached hydrogens (primary N) is 1. The molecule has 1 atom stereocenters. The van der Waals surface area contributed by atoms with Crippen LogP contribution in [0.2, 0.25) is 0 Å². The summed E-state index contributed by atoms with van der Waals surface area (Å²) in [7, 11) is 1.59. The molecular formula is C21H23N3O3. The lowest BCUT2D eigenvalue weighted by Gasteiger charge is -2.27. The molecule has 1 aliphatic rings. The topological polar surface area (TPSA) is 90.3 Å². The van der Waals surface area contributed by atoms with E-state index in [1.165, 1.54) is 0 Å². The first-order valence-corrected chi connectivity index (χ1v) is 8.83. The Balaban J connectivity index is 2.26. The van der Waals surface area contributed by atoms with Gasteiger partial charge >= 0.3 is 0 Å². The zero-order valence-corrected chi connectivity index (χ0v) is 15.9. The summed E-state index contributed by atoms with van der Waals surface area (Å²) in [5.41, 5.74) is 8.13. The SMILES string of the molecule is COc1ccc([C@H]2C(C#N)=C(N)Oc3cc(C)n(CC(C)C)c(=O)c32)cc1. The molecule has 1 aromatic carbocycles. The number of aromatic nitrogens is 1. The number of rotatable bonds is 4. The molecule has 0 bridgehead atoms. The van der Waals surface area contributed by atoms with Gasteiger partial charge in [0.2, 0.25) is 5.88 Å². The molecule has 1 aliphatic heterocycles. The highest BCUT2D eigenvalue weighted by Crippen LogP contribution is 2.40. The maximum Gasteiger partial charge on any atom is 0.258 e. The van der Waals surface area contributed by atoms with Crippen molar-refractivity contribution in [2.45, 2.75) is 33.2 Å². The summed E-state index contributed by atoms with van der Waals surface area (Å²) in [6.07, 6.45) is 0. The average Bonchev–Trinajstić information content (AvgIpc) is 2.64. The number of nitrogens with zero attached hydrogens (tertiary/aromatic N) is 2. The van der Waals surface area contributed by atoms with Crippen LogP contribution in [-0.2, 0) is 6.54 Å². The monoisotopic (exact) mass is 365 g/mol. The largest absolute Gasteiger partial charge is 0.497 e. The third-order valence-electron chi connectivity index (χ3n) is 4.69. The predicted octanol–water partition coefficient (Wildman–Crippen LogP) is 3.04. The Labute approximate surface area is 158 Å². The Morgan fingerprint density at radius 1 is 1.33 bits per heavy atom. The molecular weight excluding hydrogens is 342 g/mol. The van der Waals surface area contributed by atoms with Crippen LogP contribution >= 0.6 is 0 Å². The number of fused-ring (bicyclic) bond motifs is 1. The van der Waals surface area contributed by atoms with E-state index in [1.54, 1.807) is 23.8 Å². The van der Waals surface area contributed by atoms with Crippen LogP contribution in [0.4, 0.5) is 0 Å². The van der Waals surface area contributed by atoms with E-state index >= 15 is 0 Å². The third kappa shape index (κ3) is 3.28. The van der Waals surface area contributed by atoms with E-state index in [1.807, 2.05) is 25.1 Å². The van der Waals surface area contributed by atoms with Crippen molar-refractivity contribution < 1.29 is 9.47 Å². The fourth-order valence-electron chi connectivity index (χ4n) is 3.41. The van der Waals surface area contributed by atoms with Gasteiger partial charge in [0.05, 0.1) is 18.6 Å². The second-order valence-electron chi connectivity index (χ2n) is 7.07. The van der Waals surface area contributed by atoms with Crippen molar-refractivity contribution in [3.63, 3.8) is 0 Å². The zero-order chi connectivity index (χ0) is 19.7. The predicted molar refractivity (Wildman–Crippen MR) is 103 cm³/mol. The van der Waals surface area contributed by atoms with Crippen LogP contribution in [0.15, 0.2) is 46.6 Å². The molecule has 0 spiro atoms. The molecule has 27 heavy (non-hydrogen) atoms. The van der Waals surface area contributed by atoms with Crippen LogP contribution in [0.3, 0.4) is 0 Å². The number of benzene rings is 1. The van der Waals surface area contributed by atoms with Gasteiger partial charge in [0.25, 0.3) is 5.56 Å². The lowest BCUT2D eigenvalue weighted by Crippen LogP contribution is -2.33. The van der Waals surface area contributed by atoms with E-state index in [0.717, 1.165) is 11.3 Å². The molecule has 0 saturated heterocycles. The molecule has 2 aromatic rings. The first-order chi connectivity index (χ1) is 12.9. The molecule has 0 amide bonds. The standard InChI is InChI=1S/C21H23N3O3/c1-12(2)11-24-13(3)9-17-19(21(24)25)18(16(10-22)20(23)27-17)14-5-7-15(26-4)8-6-14/h5-9,12,18H,11,23H2,1-4H3/t18-/m0/s1. The Bertz CT molecular complexity index is 995. The lowest BCUT2D eigenvalue weighted by atomic mass is 9.84. The minimum atomic E-state index is -0.573. The summed E-state index contributed by atoms with van der Waals surface area (Å²) in [6, 6.07) is 11.2. The quantitative estimate of drug-likeness (QED) is 0.899. The highest BCUT2D eigenvalue weighted by atomic mass is 16.5. The molecule has 0 aliphatic carbocycles. The van der Waals surface area contributed by atoms with Crippen LogP contribution in [-0.4, -0.2) is 11.7 Å². The van der Waals surface area contributed by atoms with E-state index in [2.05, 4.69) is 19.9 Å². The van der Waals surface area contributed by atoms with Gasteiger partial charge in [0.1, 0.15) is 23.1 Å². The molecule has 2 heterocycles. The van der Waals surface area contributed by atoms with Crippen LogP contribution in [0.1, 0.15) is 36.6 Å². The van der Waals surface area contributed by atoms with Crippen molar-refractivity contribution >= 4 is 0 Å². The summed E-state index contributed by atoms with van der Waals surface area (Å²) in [4.78, 5) is 13.3. The third-order valence-corrected chi connectivity index (χ3v) is 4.69. The lowest BCUT2D eigenvalue weighted by molar-refractivity contribution is 0.385. The molecule has 2 N–H and O–H groups in total. The summed E-state index contributed by atoms with van der Waals surface area (Å²) in [5.74, 6) is 0.874. The Hall–Kier alpha value is -3.20. The Morgan fingerprint density at radius 3 is 2.56 bits per heavy atom. The average molecular weight is 365 g/mol. The van der Waals surface area contributed by atoms with Crippen LogP contribution in [0.5, 0.6) is 11.5 Å². The number of ether oxygens (including phenoxy) is 2. The fraction of sp³-hybridized carbons (Fsp3) is 0.333. The molecule has 0 saturated carbocycles. The van der Waals surface area contributed by atoms with Gasteiger partial charge in [-0.05, 0) is 30.5 Å². The first-order valence-electron chi connectivity index (χ1n) is 8.83. The summed E-state index contributed by atoms with van der Waals surface area (Å²) in [6.45, 7) is 6.58. The van der Waals surface area contributed by atoms with E-state index in [0.29, 0.717) is 29.5 Å². The minimum absolute atomic E-state index is 0.0335. The van der Waals surface area contributed by atoms with Gasteiger partial charge in [-0.2, -0.15) is 5.26 Å². The fourth-order valence-corrected chi connectivity index (χ4v) is 3.41. The number of allylic oxidation sites excluding steroid dienone is 1.